The maximum Gasteiger partial charge on any atom is 0.408 e. The highest BCUT2D eigenvalue weighted by atomic mass is 16.6. The summed E-state index contributed by atoms with van der Waals surface area (Å²) >= 11 is 0. The minimum Gasteiger partial charge on any atom is -0.481 e. The lowest BCUT2D eigenvalue weighted by atomic mass is 9.55. The van der Waals surface area contributed by atoms with Gasteiger partial charge in [-0.25, -0.2) is 4.79 Å². The van der Waals surface area contributed by atoms with E-state index in [1.54, 1.807) is 19.1 Å². The Morgan fingerprint density at radius 3 is 2.36 bits per heavy atom. The molecule has 222 valence electrons. The first kappa shape index (κ1) is 28.1. The van der Waals surface area contributed by atoms with Gasteiger partial charge in [0, 0.05) is 35.2 Å². The lowest BCUT2D eigenvalue weighted by molar-refractivity contribution is -0.138. The number of benzene rings is 2. The number of fused-ring (bicyclic) bond motifs is 1. The van der Waals surface area contributed by atoms with Gasteiger partial charge < -0.3 is 31.2 Å². The van der Waals surface area contributed by atoms with Gasteiger partial charge in [-0.05, 0) is 98.4 Å². The van der Waals surface area contributed by atoms with Crippen molar-refractivity contribution in [2.75, 3.05) is 5.73 Å². The largest absolute Gasteiger partial charge is 0.481 e. The highest BCUT2D eigenvalue weighted by molar-refractivity contribution is 5.92. The number of amides is 2. The van der Waals surface area contributed by atoms with Gasteiger partial charge in [-0.1, -0.05) is 30.3 Å². The number of nitrogen functional groups attached to an aromatic ring is 1. The summed E-state index contributed by atoms with van der Waals surface area (Å²) in [6.45, 7) is 1.68. The second-order valence-corrected chi connectivity index (χ2v) is 13.0. The fraction of sp³-hybridized carbons (Fsp3) is 0.485. The predicted molar refractivity (Wildman–Crippen MR) is 160 cm³/mol. The standard InChI is InChI=1S/C33H40N4O5/c1-33(17-24-18-35-28-5-3-2-4-27(24)28,31(40)36-26(16-29(38)39)15-19-6-8-25(34)9-7-19)37-32(41)42-30-22-11-20-10-21(13-22)14-23(30)12-20/h2-9,18,20-23,26,30,35H,10-17,34H2,1H3,(H,36,40)(H,37,41)(H,38,39). The number of alkyl carbamates (subject to hydrolysis) is 1. The number of nitrogens with one attached hydrogen (secondary N) is 3. The number of H-pyrrole nitrogens is 1. The zero-order valence-corrected chi connectivity index (χ0v) is 24.0. The fourth-order valence-electron chi connectivity index (χ4n) is 7.95. The van der Waals surface area contributed by atoms with Gasteiger partial charge in [0.1, 0.15) is 11.6 Å². The summed E-state index contributed by atoms with van der Waals surface area (Å²) in [4.78, 5) is 42.5. The average molecular weight is 573 g/mol. The van der Waals surface area contributed by atoms with E-state index in [9.17, 15) is 19.5 Å². The number of aliphatic carboxylic acids is 1. The van der Waals surface area contributed by atoms with Gasteiger partial charge in [-0.15, -0.1) is 0 Å². The number of carboxylic acid groups (broad SMARTS) is 1. The summed E-state index contributed by atoms with van der Waals surface area (Å²) in [7, 11) is 0. The number of carbonyl (C=O) groups excluding carboxylic acids is 2. The zero-order chi connectivity index (χ0) is 29.4. The van der Waals surface area contributed by atoms with Crippen LogP contribution < -0.4 is 16.4 Å². The Morgan fingerprint density at radius 2 is 1.69 bits per heavy atom. The summed E-state index contributed by atoms with van der Waals surface area (Å²) in [6.07, 6.45) is 7.12. The third-order valence-electron chi connectivity index (χ3n) is 9.70. The van der Waals surface area contributed by atoms with E-state index < -0.39 is 29.6 Å². The number of aromatic amines is 1. The summed E-state index contributed by atoms with van der Waals surface area (Å²) in [5.41, 5.74) is 7.67. The number of carbonyl (C=O) groups is 3. The average Bonchev–Trinajstić information content (AvgIpc) is 3.33. The van der Waals surface area contributed by atoms with E-state index in [1.165, 1.54) is 6.42 Å². The van der Waals surface area contributed by atoms with Crippen LogP contribution in [-0.2, 0) is 27.2 Å². The molecule has 4 aliphatic carbocycles. The molecule has 4 fully saturated rings. The lowest BCUT2D eigenvalue weighted by Gasteiger charge is -2.53. The van der Waals surface area contributed by atoms with Crippen LogP contribution in [0, 0.1) is 23.7 Å². The lowest BCUT2D eigenvalue weighted by Crippen LogP contribution is -2.61. The van der Waals surface area contributed by atoms with Crippen LogP contribution in [0.15, 0.2) is 54.7 Å². The normalized spacial score (nSPS) is 26.4. The molecule has 1 heterocycles. The van der Waals surface area contributed by atoms with Gasteiger partial charge in [-0.2, -0.15) is 0 Å². The van der Waals surface area contributed by atoms with E-state index in [-0.39, 0.29) is 18.9 Å². The van der Waals surface area contributed by atoms with Crippen molar-refractivity contribution in [2.24, 2.45) is 23.7 Å². The predicted octanol–water partition coefficient (Wildman–Crippen LogP) is 4.80. The molecular weight excluding hydrogens is 532 g/mol. The molecular formula is C33H40N4O5. The number of aromatic nitrogens is 1. The Morgan fingerprint density at radius 1 is 1.02 bits per heavy atom. The van der Waals surface area contributed by atoms with E-state index in [2.05, 4.69) is 15.6 Å². The fourth-order valence-corrected chi connectivity index (χ4v) is 7.95. The van der Waals surface area contributed by atoms with Crippen LogP contribution in [0.25, 0.3) is 10.9 Å². The molecule has 4 bridgehead atoms. The number of para-hydroxylation sites is 1. The van der Waals surface area contributed by atoms with Crippen molar-refractivity contribution >= 4 is 34.6 Å². The van der Waals surface area contributed by atoms with Gasteiger partial charge in [-0.3, -0.25) is 9.59 Å². The monoisotopic (exact) mass is 572 g/mol. The molecule has 2 unspecified atom stereocenters. The maximum absolute atomic E-state index is 14.0. The molecule has 4 saturated carbocycles. The minimum atomic E-state index is -1.40. The highest BCUT2D eigenvalue weighted by Gasteiger charge is 2.50. The molecule has 0 aliphatic heterocycles. The number of hydrogen-bond donors (Lipinski definition) is 5. The van der Waals surface area contributed by atoms with Crippen LogP contribution in [0.2, 0.25) is 0 Å². The molecule has 9 heteroatoms. The SMILES string of the molecule is CC(Cc1c[nH]c2ccccc12)(NC(=O)OC1C2CC3CC(C2)CC1C3)C(=O)NC(CC(=O)O)Cc1ccc(N)cc1. The Kier molecular flexibility index (Phi) is 7.60. The third kappa shape index (κ3) is 5.96. The Bertz CT molecular complexity index is 1440. The molecule has 9 nitrogen and oxygen atoms in total. The van der Waals surface area contributed by atoms with Crippen molar-refractivity contribution in [1.29, 1.82) is 0 Å². The van der Waals surface area contributed by atoms with Crippen molar-refractivity contribution < 1.29 is 24.2 Å². The number of ether oxygens (including phenoxy) is 1. The molecule has 0 spiro atoms. The van der Waals surface area contributed by atoms with Gasteiger partial charge in [0.15, 0.2) is 0 Å². The summed E-state index contributed by atoms with van der Waals surface area (Å²) in [6, 6.07) is 14.2. The van der Waals surface area contributed by atoms with Gasteiger partial charge in [0.2, 0.25) is 5.91 Å². The first-order chi connectivity index (χ1) is 20.1. The van der Waals surface area contributed by atoms with Crippen LogP contribution in [0.3, 0.4) is 0 Å². The Hall–Kier alpha value is -4.01. The summed E-state index contributed by atoms with van der Waals surface area (Å²) in [5.74, 6) is 0.794. The smallest absolute Gasteiger partial charge is 0.408 e. The van der Waals surface area contributed by atoms with Crippen molar-refractivity contribution in [3.63, 3.8) is 0 Å². The molecule has 0 radical (unpaired) electrons. The first-order valence-electron chi connectivity index (χ1n) is 15.1. The van der Waals surface area contributed by atoms with E-state index >= 15 is 0 Å². The summed E-state index contributed by atoms with van der Waals surface area (Å²) < 4.78 is 6.11. The number of anilines is 1. The van der Waals surface area contributed by atoms with Gasteiger partial charge >= 0.3 is 12.1 Å². The molecule has 0 saturated heterocycles. The molecule has 1 aromatic heterocycles. The first-order valence-corrected chi connectivity index (χ1v) is 15.1. The van der Waals surface area contributed by atoms with E-state index in [1.807, 2.05) is 42.6 Å². The summed E-state index contributed by atoms with van der Waals surface area (Å²) in [5, 5.41) is 16.4. The van der Waals surface area contributed by atoms with Crippen LogP contribution in [0.1, 0.15) is 56.6 Å². The third-order valence-corrected chi connectivity index (χ3v) is 9.70. The second kappa shape index (κ2) is 11.3. The van der Waals surface area contributed by atoms with Crippen LogP contribution in [-0.4, -0.2) is 45.7 Å². The molecule has 42 heavy (non-hydrogen) atoms. The number of carboxylic acids is 1. The molecule has 3 aromatic rings. The molecule has 7 rings (SSSR count). The minimum absolute atomic E-state index is 0.122. The van der Waals surface area contributed by atoms with Crippen LogP contribution in [0.4, 0.5) is 10.5 Å². The Labute approximate surface area is 245 Å². The van der Waals surface area contributed by atoms with Crippen molar-refractivity contribution in [1.82, 2.24) is 15.6 Å². The number of nitrogens with two attached hydrogens (primary N) is 1. The Balaban J connectivity index is 1.22. The molecule has 6 N–H and O–H groups in total. The van der Waals surface area contributed by atoms with Crippen LogP contribution in [0.5, 0.6) is 0 Å². The molecule has 2 amide bonds. The highest BCUT2D eigenvalue weighted by Crippen LogP contribution is 2.54. The van der Waals surface area contributed by atoms with Crippen molar-refractivity contribution in [3.8, 4) is 0 Å². The van der Waals surface area contributed by atoms with E-state index in [0.717, 1.165) is 59.5 Å². The van der Waals surface area contributed by atoms with Gasteiger partial charge in [0.25, 0.3) is 0 Å². The quantitative estimate of drug-likeness (QED) is 0.221. The van der Waals surface area contributed by atoms with E-state index in [4.69, 9.17) is 10.5 Å². The number of hydrogen-bond acceptors (Lipinski definition) is 5. The van der Waals surface area contributed by atoms with Crippen molar-refractivity contribution in [2.45, 2.75) is 76.0 Å². The topological polar surface area (TPSA) is 147 Å². The van der Waals surface area contributed by atoms with Crippen molar-refractivity contribution in [3.05, 3.63) is 65.9 Å². The van der Waals surface area contributed by atoms with E-state index in [0.29, 0.717) is 23.9 Å². The molecule has 2 atom stereocenters. The number of rotatable bonds is 10. The van der Waals surface area contributed by atoms with Gasteiger partial charge in [0.05, 0.1) is 6.42 Å². The zero-order valence-electron chi connectivity index (χ0n) is 24.0. The molecule has 2 aromatic carbocycles. The maximum atomic E-state index is 14.0. The molecule has 4 aliphatic rings. The second-order valence-electron chi connectivity index (χ2n) is 13.0. The van der Waals surface area contributed by atoms with Crippen LogP contribution >= 0.6 is 0 Å².